The van der Waals surface area contributed by atoms with E-state index in [0.29, 0.717) is 6.61 Å². The van der Waals surface area contributed by atoms with Crippen LogP contribution in [-0.2, 0) is 11.4 Å². The van der Waals surface area contributed by atoms with Crippen LogP contribution in [0.15, 0.2) is 71.9 Å². The van der Waals surface area contributed by atoms with Crippen molar-refractivity contribution in [2.45, 2.75) is 27.4 Å². The molecule has 0 aliphatic heterocycles. The van der Waals surface area contributed by atoms with Gasteiger partial charge in [0.25, 0.3) is 0 Å². The molecule has 0 saturated heterocycles. The molecule has 0 bridgehead atoms. The van der Waals surface area contributed by atoms with E-state index >= 15 is 0 Å². The highest BCUT2D eigenvalue weighted by molar-refractivity contribution is 6.01. The summed E-state index contributed by atoms with van der Waals surface area (Å²) in [5.74, 6) is 0. The van der Waals surface area contributed by atoms with E-state index in [1.165, 1.54) is 11.4 Å². The van der Waals surface area contributed by atoms with Crippen LogP contribution in [0.4, 0.5) is 0 Å². The Morgan fingerprint density at radius 2 is 1.50 bits per heavy atom. The van der Waals surface area contributed by atoms with Gasteiger partial charge in [0.05, 0.1) is 11.4 Å². The van der Waals surface area contributed by atoms with E-state index in [0.717, 1.165) is 22.5 Å². The number of aromatic nitrogens is 1. The fourth-order valence-corrected chi connectivity index (χ4v) is 2.85. The van der Waals surface area contributed by atoms with Gasteiger partial charge < -0.3 is 9.40 Å². The second-order valence-electron chi connectivity index (χ2n) is 5.90. The molecule has 2 aromatic carbocycles. The Kier molecular flexibility index (Phi) is 4.80. The number of aryl methyl sites for hydroxylation is 2. The van der Waals surface area contributed by atoms with Crippen LogP contribution < -0.4 is 0 Å². The lowest BCUT2D eigenvalue weighted by atomic mass is 10.1. The molecule has 0 aliphatic carbocycles. The van der Waals surface area contributed by atoms with Crippen LogP contribution in [0.1, 0.15) is 29.4 Å². The SMILES string of the molecule is C/C(=N/OCc1ccccc1)c1ccccc1-n1c(C)ccc1C. The Hall–Kier alpha value is -2.81. The molecular weight excluding hydrogens is 296 g/mol. The fourth-order valence-electron chi connectivity index (χ4n) is 2.85. The molecule has 3 heteroatoms. The quantitative estimate of drug-likeness (QED) is 0.478. The molecule has 0 spiro atoms. The summed E-state index contributed by atoms with van der Waals surface area (Å²) >= 11 is 0. The minimum absolute atomic E-state index is 0.474. The van der Waals surface area contributed by atoms with Gasteiger partial charge in [0.1, 0.15) is 6.61 Å². The molecule has 0 amide bonds. The monoisotopic (exact) mass is 318 g/mol. The van der Waals surface area contributed by atoms with Crippen molar-refractivity contribution < 1.29 is 4.84 Å². The van der Waals surface area contributed by atoms with Crippen LogP contribution in [0.25, 0.3) is 5.69 Å². The summed E-state index contributed by atoms with van der Waals surface area (Å²) < 4.78 is 2.24. The van der Waals surface area contributed by atoms with Crippen molar-refractivity contribution in [3.8, 4) is 5.69 Å². The average Bonchev–Trinajstić information content (AvgIpc) is 2.94. The molecule has 3 rings (SSSR count). The summed E-state index contributed by atoms with van der Waals surface area (Å²) in [5, 5.41) is 4.32. The molecule has 122 valence electrons. The number of nitrogens with zero attached hydrogens (tertiary/aromatic N) is 2. The van der Waals surface area contributed by atoms with E-state index in [4.69, 9.17) is 4.84 Å². The lowest BCUT2D eigenvalue weighted by Crippen LogP contribution is -2.07. The fraction of sp³-hybridized carbons (Fsp3) is 0.190. The molecule has 24 heavy (non-hydrogen) atoms. The first-order valence-electron chi connectivity index (χ1n) is 8.12. The Bertz CT molecular complexity index is 828. The normalized spacial score (nSPS) is 11.5. The zero-order valence-corrected chi connectivity index (χ0v) is 14.4. The molecule has 0 N–H and O–H groups in total. The second-order valence-corrected chi connectivity index (χ2v) is 5.90. The molecule has 3 aromatic rings. The maximum absolute atomic E-state index is 5.55. The van der Waals surface area contributed by atoms with Crippen LogP contribution in [-0.4, -0.2) is 10.3 Å². The van der Waals surface area contributed by atoms with Crippen LogP contribution in [0.2, 0.25) is 0 Å². The molecule has 1 aromatic heterocycles. The molecule has 0 fully saturated rings. The number of rotatable bonds is 5. The van der Waals surface area contributed by atoms with Gasteiger partial charge in [-0.3, -0.25) is 0 Å². The number of hydrogen-bond acceptors (Lipinski definition) is 2. The molecule has 0 aliphatic rings. The average molecular weight is 318 g/mol. The molecule has 0 unspecified atom stereocenters. The van der Waals surface area contributed by atoms with Crippen molar-refractivity contribution in [1.29, 1.82) is 0 Å². The summed E-state index contributed by atoms with van der Waals surface area (Å²) in [6.45, 7) is 6.68. The zero-order valence-electron chi connectivity index (χ0n) is 14.4. The van der Waals surface area contributed by atoms with E-state index in [2.05, 4.69) is 53.9 Å². The Morgan fingerprint density at radius 1 is 0.875 bits per heavy atom. The lowest BCUT2D eigenvalue weighted by Gasteiger charge is -2.14. The van der Waals surface area contributed by atoms with E-state index in [9.17, 15) is 0 Å². The second kappa shape index (κ2) is 7.18. The summed E-state index contributed by atoms with van der Waals surface area (Å²) in [4.78, 5) is 5.55. The van der Waals surface area contributed by atoms with Crippen LogP contribution >= 0.6 is 0 Å². The highest BCUT2D eigenvalue weighted by atomic mass is 16.6. The lowest BCUT2D eigenvalue weighted by molar-refractivity contribution is 0.130. The molecule has 3 nitrogen and oxygen atoms in total. The summed E-state index contributed by atoms with van der Waals surface area (Å²) in [6.07, 6.45) is 0. The first-order valence-corrected chi connectivity index (χ1v) is 8.12. The summed E-state index contributed by atoms with van der Waals surface area (Å²) in [5.41, 5.74) is 6.60. The maximum atomic E-state index is 5.55. The maximum Gasteiger partial charge on any atom is 0.142 e. The minimum Gasteiger partial charge on any atom is -0.391 e. The first kappa shape index (κ1) is 16.1. The topological polar surface area (TPSA) is 26.5 Å². The predicted molar refractivity (Wildman–Crippen MR) is 98.7 cm³/mol. The van der Waals surface area contributed by atoms with Gasteiger partial charge in [-0.05, 0) is 44.5 Å². The first-order chi connectivity index (χ1) is 11.7. The van der Waals surface area contributed by atoms with Crippen molar-refractivity contribution in [2.75, 3.05) is 0 Å². The largest absolute Gasteiger partial charge is 0.391 e. The number of benzene rings is 2. The third-order valence-corrected chi connectivity index (χ3v) is 4.08. The van der Waals surface area contributed by atoms with Crippen molar-refractivity contribution >= 4 is 5.71 Å². The molecular formula is C21H22N2O. The highest BCUT2D eigenvalue weighted by Crippen LogP contribution is 2.21. The van der Waals surface area contributed by atoms with Gasteiger partial charge in [-0.2, -0.15) is 0 Å². The van der Waals surface area contributed by atoms with Gasteiger partial charge in [-0.25, -0.2) is 0 Å². The van der Waals surface area contributed by atoms with E-state index < -0.39 is 0 Å². The number of hydrogen-bond donors (Lipinski definition) is 0. The highest BCUT2D eigenvalue weighted by Gasteiger charge is 2.11. The molecule has 0 saturated carbocycles. The zero-order chi connectivity index (χ0) is 16.9. The van der Waals surface area contributed by atoms with Gasteiger partial charge in [-0.1, -0.05) is 53.7 Å². The van der Waals surface area contributed by atoms with Gasteiger partial charge in [0, 0.05) is 17.0 Å². The van der Waals surface area contributed by atoms with Crippen molar-refractivity contribution in [1.82, 2.24) is 4.57 Å². The van der Waals surface area contributed by atoms with Crippen LogP contribution in [0, 0.1) is 13.8 Å². The van der Waals surface area contributed by atoms with Crippen LogP contribution in [0.5, 0.6) is 0 Å². The summed E-state index contributed by atoms with van der Waals surface area (Å²) in [6, 6.07) is 22.6. The predicted octanol–water partition coefficient (Wildman–Crippen LogP) is 5.03. The van der Waals surface area contributed by atoms with E-state index in [1.807, 2.05) is 43.3 Å². The van der Waals surface area contributed by atoms with Gasteiger partial charge in [-0.15, -0.1) is 0 Å². The third-order valence-electron chi connectivity index (χ3n) is 4.08. The molecule has 0 radical (unpaired) electrons. The minimum atomic E-state index is 0.474. The smallest absolute Gasteiger partial charge is 0.142 e. The van der Waals surface area contributed by atoms with Crippen molar-refractivity contribution in [3.05, 3.63) is 89.2 Å². The van der Waals surface area contributed by atoms with E-state index in [-0.39, 0.29) is 0 Å². The van der Waals surface area contributed by atoms with Gasteiger partial charge in [0.2, 0.25) is 0 Å². The number of oxime groups is 1. The Morgan fingerprint density at radius 3 is 2.21 bits per heavy atom. The van der Waals surface area contributed by atoms with Crippen LogP contribution in [0.3, 0.4) is 0 Å². The van der Waals surface area contributed by atoms with E-state index in [1.54, 1.807) is 0 Å². The Labute approximate surface area is 143 Å². The summed E-state index contributed by atoms with van der Waals surface area (Å²) in [7, 11) is 0. The third kappa shape index (κ3) is 3.40. The number of para-hydroxylation sites is 1. The molecule has 1 heterocycles. The standard InChI is InChI=1S/C21H22N2O/c1-16-13-14-17(2)23(16)21-12-8-7-11-20(21)18(3)22-24-15-19-9-5-4-6-10-19/h4-14H,15H2,1-3H3/b22-18-. The van der Waals surface area contributed by atoms with Crippen molar-refractivity contribution in [2.24, 2.45) is 5.16 Å². The van der Waals surface area contributed by atoms with Crippen molar-refractivity contribution in [3.63, 3.8) is 0 Å². The molecule has 0 atom stereocenters. The Balaban J connectivity index is 1.85. The van der Waals surface area contributed by atoms with Gasteiger partial charge in [0.15, 0.2) is 0 Å². The van der Waals surface area contributed by atoms with Gasteiger partial charge >= 0.3 is 0 Å².